The molecule has 0 aromatic carbocycles. The van der Waals surface area contributed by atoms with E-state index in [-0.39, 0.29) is 16.8 Å². The number of primary sulfonamides is 1. The summed E-state index contributed by atoms with van der Waals surface area (Å²) in [6.07, 6.45) is 3.88. The number of hydrogen-bond donors (Lipinski definition) is 2. The molecule has 2 rings (SSSR count). The van der Waals surface area contributed by atoms with E-state index >= 15 is 0 Å². The Kier molecular flexibility index (Phi) is 4.43. The number of nitrogens with zero attached hydrogens (tertiary/aromatic N) is 1. The van der Waals surface area contributed by atoms with Gasteiger partial charge in [-0.1, -0.05) is 6.92 Å². The lowest BCUT2D eigenvalue weighted by molar-refractivity contribution is 0.0936. The van der Waals surface area contributed by atoms with Crippen molar-refractivity contribution in [1.29, 1.82) is 0 Å². The van der Waals surface area contributed by atoms with Crippen LogP contribution in [0, 0.1) is 11.8 Å². The van der Waals surface area contributed by atoms with Crippen molar-refractivity contribution in [1.82, 2.24) is 9.88 Å². The third-order valence-electron chi connectivity index (χ3n) is 3.95. The highest BCUT2D eigenvalue weighted by molar-refractivity contribution is 7.89. The number of amides is 1. The zero-order valence-corrected chi connectivity index (χ0v) is 13.5. The maximum absolute atomic E-state index is 12.3. The largest absolute Gasteiger partial charge is 0.350 e. The second-order valence-corrected chi connectivity index (χ2v) is 7.69. The monoisotopic (exact) mass is 313 g/mol. The number of aromatic nitrogens is 1. The van der Waals surface area contributed by atoms with Crippen LogP contribution in [0.1, 0.15) is 50.1 Å². The van der Waals surface area contributed by atoms with Crippen molar-refractivity contribution in [3.63, 3.8) is 0 Å². The van der Waals surface area contributed by atoms with Crippen molar-refractivity contribution < 1.29 is 13.2 Å². The minimum absolute atomic E-state index is 0.0258. The van der Waals surface area contributed by atoms with Gasteiger partial charge in [-0.05, 0) is 44.6 Å². The zero-order chi connectivity index (χ0) is 15.8. The first-order valence-electron chi connectivity index (χ1n) is 7.23. The van der Waals surface area contributed by atoms with Crippen LogP contribution in [0.25, 0.3) is 0 Å². The van der Waals surface area contributed by atoms with Crippen LogP contribution in [-0.2, 0) is 10.0 Å². The van der Waals surface area contributed by atoms with Crippen LogP contribution in [0.4, 0.5) is 0 Å². The average molecular weight is 313 g/mol. The van der Waals surface area contributed by atoms with E-state index in [4.69, 9.17) is 5.14 Å². The fourth-order valence-electron chi connectivity index (χ4n) is 2.39. The van der Waals surface area contributed by atoms with Crippen molar-refractivity contribution in [3.05, 3.63) is 18.0 Å². The molecule has 0 spiro atoms. The normalized spacial score (nSPS) is 17.0. The molecule has 7 heteroatoms. The van der Waals surface area contributed by atoms with Gasteiger partial charge in [-0.2, -0.15) is 0 Å². The molecule has 0 bridgehead atoms. The lowest BCUT2D eigenvalue weighted by Crippen LogP contribution is -2.30. The van der Waals surface area contributed by atoms with Gasteiger partial charge >= 0.3 is 0 Å². The van der Waals surface area contributed by atoms with Crippen LogP contribution in [0.5, 0.6) is 0 Å². The SMILES string of the molecule is CC(CNC(=O)c1cc(S(N)(=O)=O)cn1C(C)C)C1CC1. The Bertz CT molecular complexity index is 630. The molecule has 0 aliphatic heterocycles. The second-order valence-electron chi connectivity index (χ2n) is 6.13. The van der Waals surface area contributed by atoms with E-state index in [0.29, 0.717) is 24.1 Å². The number of nitrogens with one attached hydrogen (secondary N) is 1. The fraction of sp³-hybridized carbons (Fsp3) is 0.643. The van der Waals surface area contributed by atoms with Gasteiger partial charge < -0.3 is 9.88 Å². The van der Waals surface area contributed by atoms with Crippen molar-refractivity contribution in [2.75, 3.05) is 6.54 Å². The molecule has 1 aromatic heterocycles. The Morgan fingerprint density at radius 2 is 2.05 bits per heavy atom. The van der Waals surface area contributed by atoms with Crippen LogP contribution in [0.15, 0.2) is 17.2 Å². The van der Waals surface area contributed by atoms with E-state index in [1.54, 1.807) is 4.57 Å². The predicted octanol–water partition coefficient (Wildman–Crippen LogP) is 1.49. The molecule has 1 aliphatic carbocycles. The van der Waals surface area contributed by atoms with Crippen molar-refractivity contribution >= 4 is 15.9 Å². The van der Waals surface area contributed by atoms with Crippen molar-refractivity contribution in [3.8, 4) is 0 Å². The molecule has 1 fully saturated rings. The van der Waals surface area contributed by atoms with Gasteiger partial charge in [0.1, 0.15) is 10.6 Å². The summed E-state index contributed by atoms with van der Waals surface area (Å²) in [5.41, 5.74) is 0.331. The molecule has 1 saturated carbocycles. The first-order valence-corrected chi connectivity index (χ1v) is 8.77. The molecule has 6 nitrogen and oxygen atoms in total. The highest BCUT2D eigenvalue weighted by Crippen LogP contribution is 2.36. The summed E-state index contributed by atoms with van der Waals surface area (Å²) in [7, 11) is -3.81. The quantitative estimate of drug-likeness (QED) is 0.833. The molecule has 1 heterocycles. The summed E-state index contributed by atoms with van der Waals surface area (Å²) < 4.78 is 24.5. The van der Waals surface area contributed by atoms with Crippen LogP contribution in [0.2, 0.25) is 0 Å². The lowest BCUT2D eigenvalue weighted by atomic mass is 10.1. The molecule has 1 amide bonds. The van der Waals surface area contributed by atoms with Crippen molar-refractivity contribution in [2.45, 2.75) is 44.6 Å². The van der Waals surface area contributed by atoms with E-state index in [9.17, 15) is 13.2 Å². The summed E-state index contributed by atoms with van der Waals surface area (Å²) >= 11 is 0. The third-order valence-corrected chi connectivity index (χ3v) is 4.83. The Balaban J connectivity index is 2.16. The maximum atomic E-state index is 12.3. The van der Waals surface area contributed by atoms with Gasteiger partial charge in [-0.3, -0.25) is 4.79 Å². The number of carbonyl (C=O) groups excluding carboxylic acids is 1. The van der Waals surface area contributed by atoms with Gasteiger partial charge in [0.2, 0.25) is 10.0 Å². The van der Waals surface area contributed by atoms with E-state index in [2.05, 4.69) is 12.2 Å². The second kappa shape index (κ2) is 5.81. The summed E-state index contributed by atoms with van der Waals surface area (Å²) in [5.74, 6) is 0.905. The Morgan fingerprint density at radius 3 is 2.52 bits per heavy atom. The molecule has 0 radical (unpaired) electrons. The summed E-state index contributed by atoms with van der Waals surface area (Å²) in [5, 5.41) is 8.02. The molecule has 1 unspecified atom stereocenters. The first kappa shape index (κ1) is 16.0. The summed E-state index contributed by atoms with van der Waals surface area (Å²) in [4.78, 5) is 12.3. The highest BCUT2D eigenvalue weighted by Gasteiger charge is 2.28. The van der Waals surface area contributed by atoms with Gasteiger partial charge in [-0.15, -0.1) is 0 Å². The van der Waals surface area contributed by atoms with Crippen LogP contribution in [-0.4, -0.2) is 25.4 Å². The Morgan fingerprint density at radius 1 is 1.43 bits per heavy atom. The third kappa shape index (κ3) is 3.85. The highest BCUT2D eigenvalue weighted by atomic mass is 32.2. The Labute approximate surface area is 125 Å². The van der Waals surface area contributed by atoms with Crippen molar-refractivity contribution in [2.24, 2.45) is 17.0 Å². The first-order chi connectivity index (χ1) is 9.70. The molecule has 1 atom stereocenters. The smallest absolute Gasteiger partial charge is 0.267 e. The van der Waals surface area contributed by atoms with Gasteiger partial charge in [0, 0.05) is 18.8 Å². The minimum atomic E-state index is -3.81. The molecule has 0 saturated heterocycles. The molecular weight excluding hydrogens is 290 g/mol. The molecule has 3 N–H and O–H groups in total. The molecule has 21 heavy (non-hydrogen) atoms. The number of rotatable bonds is 6. The molecular formula is C14H23N3O3S. The standard InChI is InChI=1S/C14H23N3O3S/c1-9(2)17-8-12(21(15,19)20)6-13(17)14(18)16-7-10(3)11-4-5-11/h6,8-11H,4-5,7H2,1-3H3,(H,16,18)(H2,15,19,20). The summed E-state index contributed by atoms with van der Waals surface area (Å²) in [6.45, 7) is 6.50. The van der Waals surface area contributed by atoms with Gasteiger partial charge in [0.05, 0.1) is 0 Å². The molecule has 1 aromatic rings. The Hall–Kier alpha value is -1.34. The van der Waals surface area contributed by atoms with E-state index in [1.165, 1.54) is 25.1 Å². The minimum Gasteiger partial charge on any atom is -0.350 e. The average Bonchev–Trinajstić information content (AvgIpc) is 3.11. The zero-order valence-electron chi connectivity index (χ0n) is 12.7. The molecule has 1 aliphatic rings. The topological polar surface area (TPSA) is 94.2 Å². The fourth-order valence-corrected chi connectivity index (χ4v) is 2.93. The summed E-state index contributed by atoms with van der Waals surface area (Å²) in [6, 6.07) is 1.31. The van der Waals surface area contributed by atoms with E-state index in [1.807, 2.05) is 13.8 Å². The van der Waals surface area contributed by atoms with E-state index < -0.39 is 10.0 Å². The van der Waals surface area contributed by atoms with Crippen LogP contribution < -0.4 is 10.5 Å². The predicted molar refractivity (Wildman–Crippen MR) is 80.4 cm³/mol. The maximum Gasteiger partial charge on any atom is 0.267 e. The molecule has 118 valence electrons. The van der Waals surface area contributed by atoms with E-state index in [0.717, 1.165) is 0 Å². The number of sulfonamides is 1. The lowest BCUT2D eigenvalue weighted by Gasteiger charge is -2.14. The van der Waals surface area contributed by atoms with Gasteiger partial charge in [0.15, 0.2) is 0 Å². The van der Waals surface area contributed by atoms with Crippen LogP contribution in [0.3, 0.4) is 0 Å². The number of hydrogen-bond acceptors (Lipinski definition) is 3. The number of carbonyl (C=O) groups is 1. The van der Waals surface area contributed by atoms with Crippen LogP contribution >= 0.6 is 0 Å². The van der Waals surface area contributed by atoms with Gasteiger partial charge in [0.25, 0.3) is 5.91 Å². The number of nitrogens with two attached hydrogens (primary N) is 1. The van der Waals surface area contributed by atoms with Gasteiger partial charge in [-0.25, -0.2) is 13.6 Å².